The van der Waals surface area contributed by atoms with E-state index in [4.69, 9.17) is 0 Å². The maximum atomic E-state index is 12.0. The predicted molar refractivity (Wildman–Crippen MR) is 74.0 cm³/mol. The third-order valence-electron chi connectivity index (χ3n) is 3.16. The molecular weight excluding hydrogens is 292 g/mol. The number of anilines is 2. The topological polar surface area (TPSA) is 132 Å². The van der Waals surface area contributed by atoms with Crippen LogP contribution >= 0.6 is 0 Å². The maximum absolute atomic E-state index is 12.0. The van der Waals surface area contributed by atoms with Crippen molar-refractivity contribution in [1.82, 2.24) is 14.8 Å². The van der Waals surface area contributed by atoms with Crippen LogP contribution in [-0.4, -0.2) is 31.5 Å². The lowest BCUT2D eigenvalue weighted by Gasteiger charge is -2.09. The summed E-state index contributed by atoms with van der Waals surface area (Å²) in [6.07, 6.45) is 1.07. The minimum atomic E-state index is -0.819. The molecule has 0 spiro atoms. The van der Waals surface area contributed by atoms with Gasteiger partial charge in [0.25, 0.3) is 11.6 Å². The number of nitro groups is 1. The number of nitrogens with zero attached hydrogens (tertiary/aromatic N) is 4. The first-order valence-electron chi connectivity index (χ1n) is 6.30. The Hall–Kier alpha value is -3.30. The van der Waals surface area contributed by atoms with Gasteiger partial charge in [0, 0.05) is 6.07 Å². The summed E-state index contributed by atoms with van der Waals surface area (Å²) in [5.74, 6) is -0.653. The number of nitrogens with one attached hydrogen (secondary N) is 2. The van der Waals surface area contributed by atoms with Crippen LogP contribution in [0.15, 0.2) is 30.6 Å². The zero-order valence-electron chi connectivity index (χ0n) is 11.1. The van der Waals surface area contributed by atoms with Crippen molar-refractivity contribution in [3.8, 4) is 0 Å². The fraction of sp³-hybridized carbons (Fsp3) is 0.167. The first-order chi connectivity index (χ1) is 10.6. The third-order valence-corrected chi connectivity index (χ3v) is 3.16. The molecule has 1 aliphatic rings. The van der Waals surface area contributed by atoms with Gasteiger partial charge in [-0.2, -0.15) is 10.1 Å². The molecule has 1 aromatic carbocycles. The molecule has 0 aliphatic carbocycles. The summed E-state index contributed by atoms with van der Waals surface area (Å²) in [6, 6.07) is 4.96. The molecule has 2 heterocycles. The maximum Gasteiger partial charge on any atom is 0.292 e. The molecule has 0 bridgehead atoms. The number of para-hydroxylation sites is 2. The number of benzene rings is 1. The second-order valence-corrected chi connectivity index (χ2v) is 4.56. The molecular formula is C12H10N6O4. The Kier molecular flexibility index (Phi) is 3.26. The minimum Gasteiger partial charge on any atom is -0.320 e. The molecule has 3 rings (SSSR count). The second-order valence-electron chi connectivity index (χ2n) is 4.56. The van der Waals surface area contributed by atoms with Gasteiger partial charge in [-0.25, -0.2) is 4.68 Å². The van der Waals surface area contributed by atoms with Crippen molar-refractivity contribution >= 4 is 29.1 Å². The van der Waals surface area contributed by atoms with Crippen LogP contribution in [0.2, 0.25) is 0 Å². The standard InChI is InChI=1S/C12H10N6O4/c19-10(15-7-3-1-2-4-8(7)18(21)22)5-9-11(20)16-12-13-6-14-17(9)12/h1-4,6,9H,5H2,(H,15,19)(H,13,14,16,20). The van der Waals surface area contributed by atoms with Crippen LogP contribution in [0.25, 0.3) is 0 Å². The van der Waals surface area contributed by atoms with Gasteiger partial charge in [-0.05, 0) is 6.07 Å². The second kappa shape index (κ2) is 5.24. The molecule has 10 nitrogen and oxygen atoms in total. The van der Waals surface area contributed by atoms with E-state index in [1.165, 1.54) is 29.2 Å². The average Bonchev–Trinajstić information content (AvgIpc) is 3.02. The van der Waals surface area contributed by atoms with E-state index in [0.29, 0.717) is 0 Å². The van der Waals surface area contributed by atoms with Gasteiger partial charge in [-0.15, -0.1) is 0 Å². The van der Waals surface area contributed by atoms with E-state index in [1.807, 2.05) is 0 Å². The van der Waals surface area contributed by atoms with Gasteiger partial charge in [0.15, 0.2) is 0 Å². The fourth-order valence-corrected chi connectivity index (χ4v) is 2.17. The van der Waals surface area contributed by atoms with Gasteiger partial charge in [-0.1, -0.05) is 12.1 Å². The van der Waals surface area contributed by atoms with Crippen LogP contribution in [0.1, 0.15) is 12.5 Å². The van der Waals surface area contributed by atoms with Gasteiger partial charge in [-0.3, -0.25) is 25.0 Å². The Morgan fingerprint density at radius 1 is 1.45 bits per heavy atom. The molecule has 0 saturated heterocycles. The third kappa shape index (κ3) is 2.37. The van der Waals surface area contributed by atoms with Crippen molar-refractivity contribution in [2.75, 3.05) is 10.6 Å². The zero-order chi connectivity index (χ0) is 15.7. The Morgan fingerprint density at radius 2 is 2.23 bits per heavy atom. The highest BCUT2D eigenvalue weighted by atomic mass is 16.6. The lowest BCUT2D eigenvalue weighted by Crippen LogP contribution is -2.23. The van der Waals surface area contributed by atoms with Crippen LogP contribution in [0.5, 0.6) is 0 Å². The highest BCUT2D eigenvalue weighted by Crippen LogP contribution is 2.26. The molecule has 22 heavy (non-hydrogen) atoms. The molecule has 2 N–H and O–H groups in total. The van der Waals surface area contributed by atoms with E-state index < -0.39 is 22.8 Å². The summed E-state index contributed by atoms with van der Waals surface area (Å²) in [7, 11) is 0. The Morgan fingerprint density at radius 3 is 3.00 bits per heavy atom. The van der Waals surface area contributed by atoms with Crippen molar-refractivity contribution in [3.63, 3.8) is 0 Å². The molecule has 112 valence electrons. The summed E-state index contributed by atoms with van der Waals surface area (Å²) in [4.78, 5) is 37.9. The molecule has 0 fully saturated rings. The highest BCUT2D eigenvalue weighted by molar-refractivity contribution is 6.01. The molecule has 1 aromatic heterocycles. The van der Waals surface area contributed by atoms with Crippen molar-refractivity contribution in [3.05, 3.63) is 40.7 Å². The molecule has 1 unspecified atom stereocenters. The largest absolute Gasteiger partial charge is 0.320 e. The van der Waals surface area contributed by atoms with Crippen LogP contribution < -0.4 is 10.6 Å². The van der Waals surface area contributed by atoms with E-state index in [0.717, 1.165) is 0 Å². The number of fused-ring (bicyclic) bond motifs is 1. The summed E-state index contributed by atoms with van der Waals surface area (Å²) in [5, 5.41) is 19.7. The number of hydrogen-bond acceptors (Lipinski definition) is 6. The number of amides is 2. The normalized spacial score (nSPS) is 16.0. The van der Waals surface area contributed by atoms with Gasteiger partial charge in [0.05, 0.1) is 11.3 Å². The van der Waals surface area contributed by atoms with Gasteiger partial charge in [0.2, 0.25) is 11.9 Å². The van der Waals surface area contributed by atoms with Gasteiger partial charge >= 0.3 is 0 Å². The van der Waals surface area contributed by atoms with E-state index in [-0.39, 0.29) is 23.7 Å². The molecule has 0 radical (unpaired) electrons. The first-order valence-corrected chi connectivity index (χ1v) is 6.30. The molecule has 10 heteroatoms. The van der Waals surface area contributed by atoms with Crippen LogP contribution in [0.4, 0.5) is 17.3 Å². The molecule has 1 atom stereocenters. The number of carbonyl (C=O) groups excluding carboxylic acids is 2. The summed E-state index contributed by atoms with van der Waals surface area (Å²) >= 11 is 0. The van der Waals surface area contributed by atoms with Gasteiger partial charge in [0.1, 0.15) is 18.1 Å². The van der Waals surface area contributed by atoms with E-state index in [9.17, 15) is 19.7 Å². The van der Waals surface area contributed by atoms with E-state index in [2.05, 4.69) is 20.7 Å². The van der Waals surface area contributed by atoms with Crippen LogP contribution in [0, 0.1) is 10.1 Å². The van der Waals surface area contributed by atoms with E-state index >= 15 is 0 Å². The monoisotopic (exact) mass is 302 g/mol. The Bertz CT molecular complexity index is 770. The highest BCUT2D eigenvalue weighted by Gasteiger charge is 2.34. The van der Waals surface area contributed by atoms with Crippen molar-refractivity contribution in [2.24, 2.45) is 0 Å². The number of carbonyl (C=O) groups is 2. The smallest absolute Gasteiger partial charge is 0.292 e. The fourth-order valence-electron chi connectivity index (χ4n) is 2.17. The van der Waals surface area contributed by atoms with Crippen LogP contribution in [-0.2, 0) is 9.59 Å². The lowest BCUT2D eigenvalue weighted by atomic mass is 10.2. The number of nitro benzene ring substituents is 1. The predicted octanol–water partition coefficient (Wildman–Crippen LogP) is 0.708. The summed E-state index contributed by atoms with van der Waals surface area (Å²) in [5.41, 5.74) is -0.136. The minimum absolute atomic E-state index is 0.0784. The molecule has 2 amide bonds. The van der Waals surface area contributed by atoms with Crippen molar-refractivity contribution in [2.45, 2.75) is 12.5 Å². The SMILES string of the molecule is O=C(CC1C(=O)Nc2ncnn21)Nc1ccccc1[N+](=O)[O-]. The molecule has 0 saturated carbocycles. The van der Waals surface area contributed by atoms with Crippen LogP contribution in [0.3, 0.4) is 0 Å². The Balaban J connectivity index is 1.74. The Labute approximate surface area is 123 Å². The number of aromatic nitrogens is 3. The average molecular weight is 302 g/mol. The summed E-state index contributed by atoms with van der Waals surface area (Å²) < 4.78 is 1.31. The van der Waals surface area contributed by atoms with Crippen molar-refractivity contribution < 1.29 is 14.5 Å². The summed E-state index contributed by atoms with van der Waals surface area (Å²) in [6.45, 7) is 0. The zero-order valence-corrected chi connectivity index (χ0v) is 11.1. The number of rotatable bonds is 4. The molecule has 1 aliphatic heterocycles. The lowest BCUT2D eigenvalue weighted by molar-refractivity contribution is -0.383. The van der Waals surface area contributed by atoms with E-state index in [1.54, 1.807) is 6.07 Å². The quantitative estimate of drug-likeness (QED) is 0.631. The first kappa shape index (κ1) is 13.7. The van der Waals surface area contributed by atoms with Crippen molar-refractivity contribution in [1.29, 1.82) is 0 Å². The molecule has 2 aromatic rings. The number of hydrogen-bond donors (Lipinski definition) is 2. The van der Waals surface area contributed by atoms with Gasteiger partial charge < -0.3 is 5.32 Å².